The fraction of sp³-hybridized carbons (Fsp3) is 0.308. The molecule has 2 aromatic carbocycles. The second-order valence-electron chi connectivity index (χ2n) is 8.72. The first-order valence-corrected chi connectivity index (χ1v) is 11.4. The third kappa shape index (κ3) is 7.53. The molecular weight excluding hydrogens is 473 g/mol. The molecule has 0 radical (unpaired) electrons. The normalized spacial score (nSPS) is 12.3. The van der Waals surface area contributed by atoms with Crippen molar-refractivity contribution in [2.24, 2.45) is 5.92 Å². The number of alkyl halides is 3. The highest BCUT2D eigenvalue weighted by atomic mass is 19.4. The second-order valence-corrected chi connectivity index (χ2v) is 8.72. The topological polar surface area (TPSA) is 104 Å². The van der Waals surface area contributed by atoms with Crippen LogP contribution in [0.2, 0.25) is 0 Å². The van der Waals surface area contributed by atoms with Crippen LogP contribution < -0.4 is 10.6 Å². The number of benzene rings is 2. The molecule has 3 rings (SSSR count). The highest BCUT2D eigenvalue weighted by Crippen LogP contribution is 2.32. The summed E-state index contributed by atoms with van der Waals surface area (Å²) < 4.78 is 38.5. The third-order valence-corrected chi connectivity index (χ3v) is 5.39. The number of carboxylic acid groups (broad SMARTS) is 1. The maximum Gasteiger partial charge on any atom is 0.416 e. The van der Waals surface area contributed by atoms with Gasteiger partial charge in [-0.3, -0.25) is 9.59 Å². The van der Waals surface area contributed by atoms with Gasteiger partial charge in [-0.25, -0.2) is 9.97 Å². The smallest absolute Gasteiger partial charge is 0.416 e. The molecule has 0 bridgehead atoms. The van der Waals surface area contributed by atoms with Gasteiger partial charge in [0.05, 0.1) is 36.1 Å². The van der Waals surface area contributed by atoms with E-state index in [9.17, 15) is 22.8 Å². The molecule has 0 spiro atoms. The van der Waals surface area contributed by atoms with E-state index in [-0.39, 0.29) is 24.8 Å². The quantitative estimate of drug-likeness (QED) is 0.336. The SMILES string of the molecule is CC(C)C[C@@H](Nc1cnc(C(=O)NCCC(=O)O)nc1)c1ccc(-c2ccc(C(F)(F)F)cc2)cc1. The van der Waals surface area contributed by atoms with E-state index in [2.05, 4.69) is 34.4 Å². The Morgan fingerprint density at radius 3 is 2.00 bits per heavy atom. The zero-order chi connectivity index (χ0) is 26.3. The van der Waals surface area contributed by atoms with Gasteiger partial charge in [0.1, 0.15) is 0 Å². The summed E-state index contributed by atoms with van der Waals surface area (Å²) in [6.07, 6.45) is -0.798. The number of amides is 1. The molecule has 1 amide bonds. The Bertz CT molecular complexity index is 1160. The Balaban J connectivity index is 1.70. The molecule has 3 N–H and O–H groups in total. The van der Waals surface area contributed by atoms with Gasteiger partial charge in [0.15, 0.2) is 0 Å². The summed E-state index contributed by atoms with van der Waals surface area (Å²) in [5.74, 6) is -1.27. The minimum absolute atomic E-state index is 0.0174. The van der Waals surface area contributed by atoms with E-state index in [1.807, 2.05) is 24.3 Å². The first kappa shape index (κ1) is 26.7. The molecule has 1 atom stereocenters. The summed E-state index contributed by atoms with van der Waals surface area (Å²) in [6.45, 7) is 4.16. The first-order valence-electron chi connectivity index (χ1n) is 11.4. The van der Waals surface area contributed by atoms with Crippen LogP contribution in [-0.2, 0) is 11.0 Å². The molecule has 1 heterocycles. The fourth-order valence-electron chi connectivity index (χ4n) is 3.59. The maximum atomic E-state index is 12.8. The number of aliphatic carboxylic acids is 1. The standard InChI is InChI=1S/C26H27F3N4O3/c1-16(2)13-22(33-21-14-31-24(32-15-21)25(36)30-12-11-23(34)35)19-5-3-17(4-6-19)18-7-9-20(10-8-18)26(27,28)29/h3-10,14-16,22,33H,11-13H2,1-2H3,(H,30,36)(H,34,35)/t22-/m1/s1. The van der Waals surface area contributed by atoms with Crippen molar-refractivity contribution in [3.05, 3.63) is 77.9 Å². The number of nitrogens with one attached hydrogen (secondary N) is 2. The number of rotatable bonds is 10. The molecule has 0 saturated heterocycles. The first-order chi connectivity index (χ1) is 17.0. The number of carbonyl (C=O) groups is 2. The minimum Gasteiger partial charge on any atom is -0.481 e. The van der Waals surface area contributed by atoms with Crippen LogP contribution in [0.15, 0.2) is 60.9 Å². The van der Waals surface area contributed by atoms with Crippen LogP contribution in [0.3, 0.4) is 0 Å². The lowest BCUT2D eigenvalue weighted by Gasteiger charge is -2.22. The van der Waals surface area contributed by atoms with Crippen molar-refractivity contribution < 1.29 is 27.9 Å². The summed E-state index contributed by atoms with van der Waals surface area (Å²) in [6, 6.07) is 12.6. The Morgan fingerprint density at radius 2 is 1.50 bits per heavy atom. The molecule has 0 unspecified atom stereocenters. The van der Waals surface area contributed by atoms with Crippen molar-refractivity contribution in [3.8, 4) is 11.1 Å². The zero-order valence-corrected chi connectivity index (χ0v) is 19.8. The van der Waals surface area contributed by atoms with Crippen molar-refractivity contribution in [2.45, 2.75) is 38.9 Å². The van der Waals surface area contributed by atoms with Crippen LogP contribution in [-0.4, -0.2) is 33.5 Å². The van der Waals surface area contributed by atoms with Gasteiger partial charge < -0.3 is 15.7 Å². The molecule has 190 valence electrons. The lowest BCUT2D eigenvalue weighted by atomic mass is 9.94. The Kier molecular flexibility index (Phi) is 8.63. The maximum absolute atomic E-state index is 12.8. The Morgan fingerprint density at radius 1 is 0.944 bits per heavy atom. The van der Waals surface area contributed by atoms with E-state index >= 15 is 0 Å². The van der Waals surface area contributed by atoms with Gasteiger partial charge in [0.25, 0.3) is 5.91 Å². The van der Waals surface area contributed by atoms with E-state index in [0.717, 1.165) is 29.7 Å². The zero-order valence-electron chi connectivity index (χ0n) is 19.8. The second kappa shape index (κ2) is 11.7. The lowest BCUT2D eigenvalue weighted by Crippen LogP contribution is -2.27. The molecule has 36 heavy (non-hydrogen) atoms. The summed E-state index contributed by atoms with van der Waals surface area (Å²) in [5.41, 5.74) is 2.39. The van der Waals surface area contributed by atoms with Gasteiger partial charge in [0.2, 0.25) is 5.82 Å². The number of carboxylic acids is 1. The number of anilines is 1. The summed E-state index contributed by atoms with van der Waals surface area (Å²) >= 11 is 0. The van der Waals surface area contributed by atoms with E-state index < -0.39 is 23.6 Å². The van der Waals surface area contributed by atoms with Crippen molar-refractivity contribution >= 4 is 17.6 Å². The molecule has 0 fully saturated rings. The minimum atomic E-state index is -4.37. The lowest BCUT2D eigenvalue weighted by molar-refractivity contribution is -0.138. The number of nitrogens with zero attached hydrogens (tertiary/aromatic N) is 2. The average molecular weight is 501 g/mol. The summed E-state index contributed by atoms with van der Waals surface area (Å²) in [4.78, 5) is 30.7. The molecule has 0 aliphatic heterocycles. The van der Waals surface area contributed by atoms with Crippen molar-refractivity contribution in [3.63, 3.8) is 0 Å². The highest BCUT2D eigenvalue weighted by Gasteiger charge is 2.30. The van der Waals surface area contributed by atoms with E-state index in [0.29, 0.717) is 17.2 Å². The van der Waals surface area contributed by atoms with E-state index in [4.69, 9.17) is 5.11 Å². The van der Waals surface area contributed by atoms with Gasteiger partial charge >= 0.3 is 12.1 Å². The van der Waals surface area contributed by atoms with E-state index in [1.54, 1.807) is 0 Å². The van der Waals surface area contributed by atoms with Crippen molar-refractivity contribution in [1.29, 1.82) is 0 Å². The predicted molar refractivity (Wildman–Crippen MR) is 129 cm³/mol. The van der Waals surface area contributed by atoms with Crippen molar-refractivity contribution in [2.75, 3.05) is 11.9 Å². The number of carbonyl (C=O) groups excluding carboxylic acids is 1. The predicted octanol–water partition coefficient (Wildman–Crippen LogP) is 5.57. The molecule has 0 aliphatic carbocycles. The van der Waals surface area contributed by atoms with Crippen LogP contribution in [0.25, 0.3) is 11.1 Å². The number of aromatic nitrogens is 2. The third-order valence-electron chi connectivity index (χ3n) is 5.39. The van der Waals surface area contributed by atoms with Gasteiger partial charge in [-0.15, -0.1) is 0 Å². The van der Waals surface area contributed by atoms with Crippen LogP contribution in [0.4, 0.5) is 18.9 Å². The van der Waals surface area contributed by atoms with Gasteiger partial charge in [-0.05, 0) is 41.2 Å². The molecule has 10 heteroatoms. The number of halogens is 3. The van der Waals surface area contributed by atoms with Gasteiger partial charge in [-0.1, -0.05) is 50.2 Å². The number of hydrogen-bond donors (Lipinski definition) is 3. The Hall–Kier alpha value is -3.95. The van der Waals surface area contributed by atoms with Crippen LogP contribution in [0.1, 0.15) is 54.5 Å². The highest BCUT2D eigenvalue weighted by molar-refractivity contribution is 5.90. The largest absolute Gasteiger partial charge is 0.481 e. The monoisotopic (exact) mass is 500 g/mol. The van der Waals surface area contributed by atoms with Crippen LogP contribution >= 0.6 is 0 Å². The molecule has 3 aromatic rings. The Labute approximate surface area is 206 Å². The molecule has 0 aliphatic rings. The number of hydrogen-bond acceptors (Lipinski definition) is 5. The van der Waals surface area contributed by atoms with E-state index in [1.165, 1.54) is 24.5 Å². The summed E-state index contributed by atoms with van der Waals surface area (Å²) in [5, 5.41) is 14.5. The molecular formula is C26H27F3N4O3. The van der Waals surface area contributed by atoms with Gasteiger partial charge in [0, 0.05) is 6.54 Å². The van der Waals surface area contributed by atoms with Crippen LogP contribution in [0.5, 0.6) is 0 Å². The average Bonchev–Trinajstić information content (AvgIpc) is 2.83. The van der Waals surface area contributed by atoms with Gasteiger partial charge in [-0.2, -0.15) is 13.2 Å². The fourth-order valence-corrected chi connectivity index (χ4v) is 3.59. The molecule has 0 saturated carbocycles. The molecule has 1 aromatic heterocycles. The molecule has 7 nitrogen and oxygen atoms in total. The van der Waals surface area contributed by atoms with Crippen molar-refractivity contribution in [1.82, 2.24) is 15.3 Å². The summed E-state index contributed by atoms with van der Waals surface area (Å²) in [7, 11) is 0. The van der Waals surface area contributed by atoms with Crippen LogP contribution in [0, 0.1) is 5.92 Å².